The molecule has 2 N–H and O–H groups in total. The molecule has 0 saturated heterocycles. The van der Waals surface area contributed by atoms with Crippen LogP contribution in [0.5, 0.6) is 5.75 Å². The Morgan fingerprint density at radius 2 is 1.58 bits per heavy atom. The number of ether oxygens (including phenoxy) is 1. The molecule has 33 heavy (non-hydrogen) atoms. The van der Waals surface area contributed by atoms with Crippen LogP contribution in [-0.4, -0.2) is 23.3 Å². The van der Waals surface area contributed by atoms with Gasteiger partial charge in [0.05, 0.1) is 10.5 Å². The van der Waals surface area contributed by atoms with Crippen LogP contribution < -0.4 is 15.4 Å². The minimum atomic E-state index is -4.53. The van der Waals surface area contributed by atoms with Gasteiger partial charge in [0.1, 0.15) is 5.75 Å². The van der Waals surface area contributed by atoms with Crippen molar-refractivity contribution >= 4 is 28.9 Å². The van der Waals surface area contributed by atoms with Gasteiger partial charge in [-0.2, -0.15) is 13.2 Å². The molecule has 170 valence electrons. The quantitative estimate of drug-likeness (QED) is 0.386. The zero-order chi connectivity index (χ0) is 24.0. The fourth-order valence-corrected chi connectivity index (χ4v) is 2.69. The monoisotopic (exact) mass is 459 g/mol. The van der Waals surface area contributed by atoms with E-state index in [0.29, 0.717) is 5.69 Å². The van der Waals surface area contributed by atoms with Crippen molar-refractivity contribution in [1.29, 1.82) is 0 Å². The Morgan fingerprint density at radius 3 is 2.18 bits per heavy atom. The molecule has 0 unspecified atom stereocenters. The highest BCUT2D eigenvalue weighted by atomic mass is 19.4. The number of carbonyl (C=O) groups excluding carboxylic acids is 2. The summed E-state index contributed by atoms with van der Waals surface area (Å²) in [6, 6.07) is 15.2. The van der Waals surface area contributed by atoms with E-state index in [1.165, 1.54) is 60.7 Å². The minimum absolute atomic E-state index is 0.00408. The maximum atomic E-state index is 12.8. The molecule has 0 spiro atoms. The number of halogens is 3. The first-order valence-corrected chi connectivity index (χ1v) is 9.37. The van der Waals surface area contributed by atoms with Crippen molar-refractivity contribution < 1.29 is 32.4 Å². The predicted molar refractivity (Wildman–Crippen MR) is 113 cm³/mol. The van der Waals surface area contributed by atoms with E-state index in [9.17, 15) is 32.9 Å². The number of alkyl halides is 3. The highest BCUT2D eigenvalue weighted by Crippen LogP contribution is 2.30. The van der Waals surface area contributed by atoms with E-state index in [1.54, 1.807) is 0 Å². The summed E-state index contributed by atoms with van der Waals surface area (Å²) in [5.41, 5.74) is -0.454. The number of carbonyl (C=O) groups is 2. The number of nitro groups is 1. The topological polar surface area (TPSA) is 111 Å². The van der Waals surface area contributed by atoms with Crippen LogP contribution in [0.3, 0.4) is 0 Å². The maximum absolute atomic E-state index is 12.8. The number of anilines is 2. The predicted octanol–water partition coefficient (Wildman–Crippen LogP) is 4.88. The summed E-state index contributed by atoms with van der Waals surface area (Å²) in [4.78, 5) is 34.4. The summed E-state index contributed by atoms with van der Waals surface area (Å²) in [6.45, 7) is -0.352. The van der Waals surface area contributed by atoms with Crippen LogP contribution in [0, 0.1) is 10.1 Å². The zero-order valence-corrected chi connectivity index (χ0v) is 16.8. The molecule has 0 radical (unpaired) electrons. The number of rotatable bonds is 7. The molecular formula is C22H16F3N3O5. The van der Waals surface area contributed by atoms with E-state index in [0.717, 1.165) is 12.1 Å². The highest BCUT2D eigenvalue weighted by molar-refractivity contribution is 6.04. The fraction of sp³-hybridized carbons (Fsp3) is 0.0909. The standard InChI is InChI=1S/C22H16F3N3O5/c23-22(24,25)15-2-1-3-17(12-15)27-21(30)14-4-6-16(7-5-14)26-20(29)13-33-19-10-8-18(9-11-19)28(31)32/h1-12H,13H2,(H,26,29)(H,27,30). The van der Waals surface area contributed by atoms with Gasteiger partial charge in [-0.25, -0.2) is 0 Å². The lowest BCUT2D eigenvalue weighted by atomic mass is 10.1. The van der Waals surface area contributed by atoms with E-state index < -0.39 is 28.5 Å². The number of hydrogen-bond acceptors (Lipinski definition) is 5. The van der Waals surface area contributed by atoms with Crippen molar-refractivity contribution in [2.75, 3.05) is 17.2 Å². The van der Waals surface area contributed by atoms with Crippen LogP contribution in [0.15, 0.2) is 72.8 Å². The van der Waals surface area contributed by atoms with Gasteiger partial charge in [-0.15, -0.1) is 0 Å². The molecule has 11 heteroatoms. The molecule has 0 bridgehead atoms. The SMILES string of the molecule is O=C(COc1ccc([N+](=O)[O-])cc1)Nc1ccc(C(=O)Nc2cccc(C(F)(F)F)c2)cc1. The smallest absolute Gasteiger partial charge is 0.416 e. The van der Waals surface area contributed by atoms with Gasteiger partial charge in [-0.05, 0) is 54.6 Å². The molecule has 3 aromatic carbocycles. The summed E-state index contributed by atoms with van der Waals surface area (Å²) >= 11 is 0. The Hall–Kier alpha value is -4.41. The van der Waals surface area contributed by atoms with Gasteiger partial charge in [-0.3, -0.25) is 19.7 Å². The number of hydrogen-bond donors (Lipinski definition) is 2. The fourth-order valence-electron chi connectivity index (χ4n) is 2.69. The minimum Gasteiger partial charge on any atom is -0.484 e. The van der Waals surface area contributed by atoms with Crippen molar-refractivity contribution in [1.82, 2.24) is 0 Å². The van der Waals surface area contributed by atoms with E-state index >= 15 is 0 Å². The number of nitro benzene ring substituents is 1. The number of amides is 2. The second kappa shape index (κ2) is 9.81. The molecule has 0 aromatic heterocycles. The lowest BCUT2D eigenvalue weighted by Crippen LogP contribution is -2.20. The molecule has 0 heterocycles. The van der Waals surface area contributed by atoms with Gasteiger partial charge in [-0.1, -0.05) is 6.07 Å². The van der Waals surface area contributed by atoms with E-state index in [1.807, 2.05) is 0 Å². The molecule has 0 fully saturated rings. The first-order valence-electron chi connectivity index (χ1n) is 9.37. The van der Waals surface area contributed by atoms with Gasteiger partial charge in [0.2, 0.25) is 0 Å². The zero-order valence-electron chi connectivity index (χ0n) is 16.8. The Morgan fingerprint density at radius 1 is 0.909 bits per heavy atom. The second-order valence-corrected chi connectivity index (χ2v) is 6.70. The van der Waals surface area contributed by atoms with Crippen LogP contribution in [0.2, 0.25) is 0 Å². The first kappa shape index (κ1) is 23.3. The average Bonchev–Trinajstić information content (AvgIpc) is 2.78. The molecule has 0 aliphatic rings. The summed E-state index contributed by atoms with van der Waals surface area (Å²) in [5, 5.41) is 15.6. The van der Waals surface area contributed by atoms with E-state index in [2.05, 4.69) is 10.6 Å². The normalized spacial score (nSPS) is 10.9. The Kier molecular flexibility index (Phi) is 6.91. The van der Waals surface area contributed by atoms with Gasteiger partial charge < -0.3 is 15.4 Å². The summed E-state index contributed by atoms with van der Waals surface area (Å²) in [7, 11) is 0. The van der Waals surface area contributed by atoms with Crippen molar-refractivity contribution in [3.05, 3.63) is 94.0 Å². The Labute approximate surface area is 185 Å². The second-order valence-electron chi connectivity index (χ2n) is 6.70. The molecule has 2 amide bonds. The molecule has 0 atom stereocenters. The van der Waals surface area contributed by atoms with Crippen molar-refractivity contribution in [3.63, 3.8) is 0 Å². The molecule has 0 aliphatic heterocycles. The van der Waals surface area contributed by atoms with Crippen LogP contribution in [0.4, 0.5) is 30.2 Å². The van der Waals surface area contributed by atoms with Crippen molar-refractivity contribution in [3.8, 4) is 5.75 Å². The van der Waals surface area contributed by atoms with E-state index in [4.69, 9.17) is 4.74 Å². The Balaban J connectivity index is 1.53. The molecule has 0 aliphatic carbocycles. The Bertz CT molecular complexity index is 1160. The molecular weight excluding hydrogens is 443 g/mol. The van der Waals surface area contributed by atoms with Crippen LogP contribution in [0.1, 0.15) is 15.9 Å². The van der Waals surface area contributed by atoms with E-state index in [-0.39, 0.29) is 29.3 Å². The largest absolute Gasteiger partial charge is 0.484 e. The molecule has 0 saturated carbocycles. The third kappa shape index (κ3) is 6.53. The van der Waals surface area contributed by atoms with Gasteiger partial charge in [0, 0.05) is 29.1 Å². The van der Waals surface area contributed by atoms with Crippen molar-refractivity contribution in [2.24, 2.45) is 0 Å². The summed E-state index contributed by atoms with van der Waals surface area (Å²) in [5.74, 6) is -0.847. The lowest BCUT2D eigenvalue weighted by molar-refractivity contribution is -0.384. The molecule has 3 aromatic rings. The maximum Gasteiger partial charge on any atom is 0.416 e. The number of benzene rings is 3. The molecule has 3 rings (SSSR count). The van der Waals surface area contributed by atoms with Gasteiger partial charge in [0.25, 0.3) is 17.5 Å². The summed E-state index contributed by atoms with van der Waals surface area (Å²) in [6.07, 6.45) is -4.53. The number of nitrogens with zero attached hydrogens (tertiary/aromatic N) is 1. The van der Waals surface area contributed by atoms with Gasteiger partial charge in [0.15, 0.2) is 6.61 Å². The van der Waals surface area contributed by atoms with Crippen LogP contribution in [-0.2, 0) is 11.0 Å². The third-order valence-corrected chi connectivity index (χ3v) is 4.30. The first-order chi connectivity index (χ1) is 15.6. The number of non-ortho nitro benzene ring substituents is 1. The lowest BCUT2D eigenvalue weighted by Gasteiger charge is -2.10. The summed E-state index contributed by atoms with van der Waals surface area (Å²) < 4.78 is 43.6. The third-order valence-electron chi connectivity index (χ3n) is 4.30. The highest BCUT2D eigenvalue weighted by Gasteiger charge is 2.30. The van der Waals surface area contributed by atoms with Crippen molar-refractivity contribution in [2.45, 2.75) is 6.18 Å². The van der Waals surface area contributed by atoms with Gasteiger partial charge >= 0.3 is 6.18 Å². The average molecular weight is 459 g/mol. The van der Waals surface area contributed by atoms with Crippen LogP contribution >= 0.6 is 0 Å². The molecule has 8 nitrogen and oxygen atoms in total. The van der Waals surface area contributed by atoms with Crippen LogP contribution in [0.25, 0.3) is 0 Å². The number of nitrogens with one attached hydrogen (secondary N) is 2.